The van der Waals surface area contributed by atoms with Crippen molar-refractivity contribution in [2.75, 3.05) is 5.32 Å². The van der Waals surface area contributed by atoms with Gasteiger partial charge >= 0.3 is 6.18 Å². The third-order valence-corrected chi connectivity index (χ3v) is 3.16. The number of hydrogen-bond acceptors (Lipinski definition) is 2. The first kappa shape index (κ1) is 15.3. The van der Waals surface area contributed by atoms with Crippen LogP contribution >= 0.6 is 12.2 Å². The molecular weight excluding hydrogens is 297 g/mol. The number of thiocarbonyl (C=S) groups is 1. The molecule has 21 heavy (non-hydrogen) atoms. The molecule has 2 rings (SSSR count). The lowest BCUT2D eigenvalue weighted by molar-refractivity contribution is -0.137. The molecule has 0 fully saturated rings. The maximum atomic E-state index is 12.7. The van der Waals surface area contributed by atoms with Gasteiger partial charge in [-0.2, -0.15) is 13.2 Å². The minimum Gasteiger partial charge on any atom is -0.389 e. The van der Waals surface area contributed by atoms with E-state index in [4.69, 9.17) is 18.0 Å². The van der Waals surface area contributed by atoms with Crippen LogP contribution in [-0.4, -0.2) is 4.99 Å². The Bertz CT molecular complexity index is 639. The average molecular weight is 310 g/mol. The minimum absolute atomic E-state index is 0.0725. The largest absolute Gasteiger partial charge is 0.416 e. The number of alkyl halides is 3. The van der Waals surface area contributed by atoms with Gasteiger partial charge in [0.25, 0.3) is 0 Å². The van der Waals surface area contributed by atoms with Gasteiger partial charge in [0, 0.05) is 17.8 Å². The Kier molecular flexibility index (Phi) is 4.47. The average Bonchev–Trinajstić information content (AvgIpc) is 2.45. The molecule has 2 aromatic carbocycles. The number of nitrogens with one attached hydrogen (secondary N) is 1. The van der Waals surface area contributed by atoms with Crippen LogP contribution in [0.3, 0.4) is 0 Å². The van der Waals surface area contributed by atoms with Crippen LogP contribution in [0.25, 0.3) is 0 Å². The lowest BCUT2D eigenvalue weighted by atomic mass is 10.1. The summed E-state index contributed by atoms with van der Waals surface area (Å²) in [7, 11) is 0. The normalized spacial score (nSPS) is 11.2. The quantitative estimate of drug-likeness (QED) is 0.840. The molecule has 0 aromatic heterocycles. The van der Waals surface area contributed by atoms with Gasteiger partial charge in [0.2, 0.25) is 0 Å². The van der Waals surface area contributed by atoms with Crippen molar-refractivity contribution < 1.29 is 13.2 Å². The number of rotatable bonds is 4. The van der Waals surface area contributed by atoms with Gasteiger partial charge in [-0.05, 0) is 23.8 Å². The summed E-state index contributed by atoms with van der Waals surface area (Å²) in [5.41, 5.74) is 6.43. The summed E-state index contributed by atoms with van der Waals surface area (Å²) >= 11 is 4.83. The summed E-state index contributed by atoms with van der Waals surface area (Å²) in [4.78, 5) is -0.0725. The van der Waals surface area contributed by atoms with Crippen LogP contribution < -0.4 is 11.1 Å². The summed E-state index contributed by atoms with van der Waals surface area (Å²) in [6, 6.07) is 12.8. The number of hydrogen-bond donors (Lipinski definition) is 2. The fourth-order valence-electron chi connectivity index (χ4n) is 1.87. The smallest absolute Gasteiger partial charge is 0.389 e. The Morgan fingerprint density at radius 2 is 1.76 bits per heavy atom. The van der Waals surface area contributed by atoms with Crippen molar-refractivity contribution in [1.82, 2.24) is 0 Å². The van der Waals surface area contributed by atoms with E-state index < -0.39 is 11.7 Å². The highest BCUT2D eigenvalue weighted by Gasteiger charge is 2.31. The standard InChI is InChI=1S/C15H13F3N2S/c16-15(17,18)11-6-7-13(12(8-11)14(19)21)20-9-10-4-2-1-3-5-10/h1-8,20H,9H2,(H2,19,21). The SMILES string of the molecule is NC(=S)c1cc(C(F)(F)F)ccc1NCc1ccccc1. The third-order valence-electron chi connectivity index (χ3n) is 2.94. The molecule has 0 saturated heterocycles. The lowest BCUT2D eigenvalue weighted by Gasteiger charge is -2.14. The van der Waals surface area contributed by atoms with E-state index in [1.165, 1.54) is 6.07 Å². The van der Waals surface area contributed by atoms with E-state index >= 15 is 0 Å². The van der Waals surface area contributed by atoms with E-state index in [1.54, 1.807) is 0 Å². The fourth-order valence-corrected chi connectivity index (χ4v) is 2.04. The van der Waals surface area contributed by atoms with Crippen LogP contribution in [0.5, 0.6) is 0 Å². The van der Waals surface area contributed by atoms with Crippen LogP contribution in [0, 0.1) is 0 Å². The molecular formula is C15H13F3N2S. The highest BCUT2D eigenvalue weighted by atomic mass is 32.1. The summed E-state index contributed by atoms with van der Waals surface area (Å²) < 4.78 is 38.1. The predicted octanol–water partition coefficient (Wildman–Crippen LogP) is 3.95. The van der Waals surface area contributed by atoms with Gasteiger partial charge in [0.1, 0.15) is 4.99 Å². The Hall–Kier alpha value is -2.08. The molecule has 0 amide bonds. The zero-order chi connectivity index (χ0) is 15.5. The van der Waals surface area contributed by atoms with Crippen molar-refractivity contribution >= 4 is 22.9 Å². The summed E-state index contributed by atoms with van der Waals surface area (Å²) in [5.74, 6) is 0. The number of anilines is 1. The molecule has 0 bridgehead atoms. The number of benzene rings is 2. The van der Waals surface area contributed by atoms with E-state index in [2.05, 4.69) is 5.32 Å². The van der Waals surface area contributed by atoms with Crippen molar-refractivity contribution in [3.8, 4) is 0 Å². The van der Waals surface area contributed by atoms with Crippen LogP contribution in [0.4, 0.5) is 18.9 Å². The molecule has 0 unspecified atom stereocenters. The van der Waals surface area contributed by atoms with Crippen molar-refractivity contribution in [3.63, 3.8) is 0 Å². The van der Waals surface area contributed by atoms with Crippen molar-refractivity contribution in [3.05, 3.63) is 65.2 Å². The molecule has 6 heteroatoms. The van der Waals surface area contributed by atoms with E-state index in [-0.39, 0.29) is 10.6 Å². The summed E-state index contributed by atoms with van der Waals surface area (Å²) in [6.07, 6.45) is -4.42. The maximum absolute atomic E-state index is 12.7. The van der Waals surface area contributed by atoms with Crippen molar-refractivity contribution in [2.24, 2.45) is 5.73 Å². The van der Waals surface area contributed by atoms with Gasteiger partial charge in [0.15, 0.2) is 0 Å². The number of halogens is 3. The second kappa shape index (κ2) is 6.13. The first-order valence-electron chi connectivity index (χ1n) is 6.17. The Labute approximate surface area is 125 Å². The fraction of sp³-hybridized carbons (Fsp3) is 0.133. The van der Waals surface area contributed by atoms with Crippen LogP contribution in [0.15, 0.2) is 48.5 Å². The molecule has 0 radical (unpaired) electrons. The topological polar surface area (TPSA) is 38.0 Å². The second-order valence-electron chi connectivity index (χ2n) is 4.46. The Morgan fingerprint density at radius 3 is 2.33 bits per heavy atom. The Balaban J connectivity index is 2.25. The molecule has 2 aromatic rings. The molecule has 0 aliphatic rings. The molecule has 0 saturated carbocycles. The Morgan fingerprint density at radius 1 is 1.10 bits per heavy atom. The first-order valence-corrected chi connectivity index (χ1v) is 6.57. The third kappa shape index (κ3) is 3.95. The molecule has 0 spiro atoms. The highest BCUT2D eigenvalue weighted by Crippen LogP contribution is 2.32. The van der Waals surface area contributed by atoms with E-state index in [9.17, 15) is 13.2 Å². The first-order chi connectivity index (χ1) is 9.88. The molecule has 0 atom stereocenters. The van der Waals surface area contributed by atoms with E-state index in [0.29, 0.717) is 12.2 Å². The summed E-state index contributed by atoms with van der Waals surface area (Å²) in [6.45, 7) is 0.474. The van der Waals surface area contributed by atoms with Crippen LogP contribution in [0.2, 0.25) is 0 Å². The second-order valence-corrected chi connectivity index (χ2v) is 4.90. The molecule has 2 nitrogen and oxygen atoms in total. The monoisotopic (exact) mass is 310 g/mol. The van der Waals surface area contributed by atoms with Gasteiger partial charge in [0.05, 0.1) is 5.56 Å². The van der Waals surface area contributed by atoms with Gasteiger partial charge < -0.3 is 11.1 Å². The van der Waals surface area contributed by atoms with Crippen molar-refractivity contribution in [2.45, 2.75) is 12.7 Å². The molecule has 0 aliphatic carbocycles. The molecule has 3 N–H and O–H groups in total. The maximum Gasteiger partial charge on any atom is 0.416 e. The molecule has 110 valence electrons. The van der Waals surface area contributed by atoms with Gasteiger partial charge in [-0.25, -0.2) is 0 Å². The van der Waals surface area contributed by atoms with Crippen LogP contribution in [0.1, 0.15) is 16.7 Å². The molecule has 0 heterocycles. The zero-order valence-electron chi connectivity index (χ0n) is 10.9. The van der Waals surface area contributed by atoms with E-state index in [0.717, 1.165) is 17.7 Å². The highest BCUT2D eigenvalue weighted by molar-refractivity contribution is 7.80. The van der Waals surface area contributed by atoms with Crippen molar-refractivity contribution in [1.29, 1.82) is 0 Å². The number of nitrogens with two attached hydrogens (primary N) is 1. The summed E-state index contributed by atoms with van der Waals surface area (Å²) in [5, 5.41) is 3.05. The minimum atomic E-state index is -4.42. The van der Waals surface area contributed by atoms with Gasteiger partial charge in [-0.3, -0.25) is 0 Å². The van der Waals surface area contributed by atoms with E-state index in [1.807, 2.05) is 30.3 Å². The van der Waals surface area contributed by atoms with Gasteiger partial charge in [-0.15, -0.1) is 0 Å². The zero-order valence-corrected chi connectivity index (χ0v) is 11.8. The van der Waals surface area contributed by atoms with Gasteiger partial charge in [-0.1, -0.05) is 42.5 Å². The van der Waals surface area contributed by atoms with Crippen LogP contribution in [-0.2, 0) is 12.7 Å². The predicted molar refractivity (Wildman–Crippen MR) is 81.1 cm³/mol. The molecule has 0 aliphatic heterocycles. The lowest BCUT2D eigenvalue weighted by Crippen LogP contribution is -2.15.